The van der Waals surface area contributed by atoms with E-state index in [2.05, 4.69) is 4.99 Å². The number of hydrogen-bond donors (Lipinski definition) is 0. The highest BCUT2D eigenvalue weighted by molar-refractivity contribution is 7.11. The van der Waals surface area contributed by atoms with Gasteiger partial charge in [0.15, 0.2) is 4.80 Å². The Morgan fingerprint density at radius 1 is 1.31 bits per heavy atom. The Kier molecular flexibility index (Phi) is 5.29. The number of thiazole rings is 1. The fourth-order valence-corrected chi connectivity index (χ4v) is 5.02. The van der Waals surface area contributed by atoms with Crippen LogP contribution in [0.1, 0.15) is 30.3 Å². The van der Waals surface area contributed by atoms with E-state index in [1.165, 1.54) is 39.4 Å². The third-order valence-electron chi connectivity index (χ3n) is 4.52. The number of nitrogens with zero attached hydrogens (tertiary/aromatic N) is 2. The summed E-state index contributed by atoms with van der Waals surface area (Å²) in [7, 11) is 0. The predicted octanol–water partition coefficient (Wildman–Crippen LogP) is 3.00. The van der Waals surface area contributed by atoms with Crippen LogP contribution in [0.25, 0.3) is 6.08 Å². The summed E-state index contributed by atoms with van der Waals surface area (Å²) < 4.78 is 20.8. The molecule has 3 heterocycles. The number of halogens is 1. The van der Waals surface area contributed by atoms with Crippen LogP contribution in [0.2, 0.25) is 0 Å². The maximum absolute atomic E-state index is 13.5. The lowest BCUT2D eigenvalue weighted by atomic mass is 9.96. The van der Waals surface area contributed by atoms with Crippen LogP contribution in [0, 0.1) is 5.82 Å². The number of allylic oxidation sites excluding steroid dienone is 1. The third-order valence-corrected chi connectivity index (χ3v) is 6.32. The monoisotopic (exact) mass is 428 g/mol. The molecular formula is C21H17FN2O3S2. The van der Waals surface area contributed by atoms with Crippen molar-refractivity contribution in [2.24, 2.45) is 4.99 Å². The molecule has 0 fully saturated rings. The fourth-order valence-electron chi connectivity index (χ4n) is 3.25. The molecule has 0 aliphatic carbocycles. The van der Waals surface area contributed by atoms with Crippen molar-refractivity contribution in [3.8, 4) is 0 Å². The summed E-state index contributed by atoms with van der Waals surface area (Å²) in [4.78, 5) is 31.9. The second-order valence-corrected chi connectivity index (χ2v) is 8.36. The van der Waals surface area contributed by atoms with E-state index in [1.54, 1.807) is 26.0 Å². The normalized spacial score (nSPS) is 16.5. The molecule has 8 heteroatoms. The Hall–Kier alpha value is -2.84. The Morgan fingerprint density at radius 3 is 2.72 bits per heavy atom. The lowest BCUT2D eigenvalue weighted by Gasteiger charge is -2.24. The van der Waals surface area contributed by atoms with E-state index in [0.717, 1.165) is 4.88 Å². The van der Waals surface area contributed by atoms with E-state index in [-0.39, 0.29) is 17.7 Å². The van der Waals surface area contributed by atoms with Gasteiger partial charge in [-0.1, -0.05) is 29.5 Å². The van der Waals surface area contributed by atoms with E-state index in [9.17, 15) is 14.0 Å². The first-order chi connectivity index (χ1) is 14.0. The second-order valence-electron chi connectivity index (χ2n) is 6.37. The Labute approximate surface area is 173 Å². The van der Waals surface area contributed by atoms with Crippen molar-refractivity contribution in [2.45, 2.75) is 19.9 Å². The van der Waals surface area contributed by atoms with E-state index in [0.29, 0.717) is 20.6 Å². The van der Waals surface area contributed by atoms with Crippen LogP contribution in [0.15, 0.2) is 62.8 Å². The summed E-state index contributed by atoms with van der Waals surface area (Å²) in [6.07, 6.45) is 1.82. The molecule has 29 heavy (non-hydrogen) atoms. The zero-order chi connectivity index (χ0) is 20.5. The largest absolute Gasteiger partial charge is 0.463 e. The zero-order valence-electron chi connectivity index (χ0n) is 15.7. The number of rotatable bonds is 4. The number of aromatic nitrogens is 1. The van der Waals surface area contributed by atoms with Gasteiger partial charge in [-0.15, -0.1) is 11.3 Å². The molecule has 1 aliphatic rings. The standard InChI is InChI=1S/C21H17FN2O3S2/c1-3-27-20(26)17-12(2)23-21-24(18(17)13-6-8-14(22)9-7-13)19(25)16(29-21)11-15-5-4-10-28-15/h4-11,18H,3H2,1-2H3/b16-11+/t18-/m0/s1. The number of fused-ring (bicyclic) bond motifs is 1. The van der Waals surface area contributed by atoms with Crippen molar-refractivity contribution < 1.29 is 13.9 Å². The van der Waals surface area contributed by atoms with Crippen molar-refractivity contribution in [1.29, 1.82) is 0 Å². The van der Waals surface area contributed by atoms with Gasteiger partial charge < -0.3 is 4.74 Å². The number of benzene rings is 1. The smallest absolute Gasteiger partial charge is 0.338 e. The minimum absolute atomic E-state index is 0.203. The second kappa shape index (κ2) is 7.88. The average Bonchev–Trinajstić information content (AvgIpc) is 3.30. The van der Waals surface area contributed by atoms with Crippen molar-refractivity contribution in [3.05, 3.63) is 89.0 Å². The van der Waals surface area contributed by atoms with E-state index >= 15 is 0 Å². The van der Waals surface area contributed by atoms with Gasteiger partial charge in [0.1, 0.15) is 5.82 Å². The van der Waals surface area contributed by atoms with Gasteiger partial charge in [-0.25, -0.2) is 14.2 Å². The Balaban J connectivity index is 1.97. The summed E-state index contributed by atoms with van der Waals surface area (Å²) in [6, 6.07) is 8.90. The third kappa shape index (κ3) is 3.61. The van der Waals surface area contributed by atoms with Gasteiger partial charge >= 0.3 is 5.97 Å². The molecule has 1 atom stereocenters. The molecule has 0 amide bonds. The molecule has 0 saturated heterocycles. The molecule has 0 N–H and O–H groups in total. The van der Waals surface area contributed by atoms with Crippen LogP contribution in [0.5, 0.6) is 0 Å². The lowest BCUT2D eigenvalue weighted by Crippen LogP contribution is -2.39. The fraction of sp³-hybridized carbons (Fsp3) is 0.190. The molecule has 1 aliphatic heterocycles. The zero-order valence-corrected chi connectivity index (χ0v) is 17.3. The number of hydrogen-bond acceptors (Lipinski definition) is 6. The quantitative estimate of drug-likeness (QED) is 0.601. The van der Waals surface area contributed by atoms with Crippen molar-refractivity contribution in [1.82, 2.24) is 4.57 Å². The summed E-state index contributed by atoms with van der Waals surface area (Å²) in [5.41, 5.74) is 1.15. The highest BCUT2D eigenvalue weighted by Crippen LogP contribution is 2.30. The average molecular weight is 429 g/mol. The maximum atomic E-state index is 13.5. The van der Waals surface area contributed by atoms with Gasteiger partial charge in [0, 0.05) is 4.88 Å². The number of carbonyl (C=O) groups is 1. The first-order valence-electron chi connectivity index (χ1n) is 8.98. The first kappa shape index (κ1) is 19.5. The molecule has 1 aromatic carbocycles. The maximum Gasteiger partial charge on any atom is 0.338 e. The van der Waals surface area contributed by atoms with E-state index in [4.69, 9.17) is 4.74 Å². The molecule has 0 radical (unpaired) electrons. The van der Waals surface area contributed by atoms with Gasteiger partial charge in [0.05, 0.1) is 28.5 Å². The number of esters is 1. The van der Waals surface area contributed by atoms with Gasteiger partial charge in [-0.2, -0.15) is 0 Å². The highest BCUT2D eigenvalue weighted by atomic mass is 32.1. The molecule has 2 aromatic heterocycles. The number of thiophene rings is 1. The minimum atomic E-state index is -0.726. The van der Waals surface area contributed by atoms with Crippen molar-refractivity contribution in [2.75, 3.05) is 6.61 Å². The summed E-state index contributed by atoms with van der Waals surface area (Å²) in [5, 5.41) is 1.94. The van der Waals surface area contributed by atoms with Crippen LogP contribution in [-0.2, 0) is 9.53 Å². The molecule has 0 unspecified atom stereocenters. The van der Waals surface area contributed by atoms with Crippen LogP contribution in [0.4, 0.5) is 4.39 Å². The van der Waals surface area contributed by atoms with E-state index < -0.39 is 17.8 Å². The van der Waals surface area contributed by atoms with Crippen molar-refractivity contribution in [3.63, 3.8) is 0 Å². The first-order valence-corrected chi connectivity index (χ1v) is 10.7. The highest BCUT2D eigenvalue weighted by Gasteiger charge is 2.33. The van der Waals surface area contributed by atoms with Gasteiger partial charge in [-0.3, -0.25) is 9.36 Å². The molecular weight excluding hydrogens is 411 g/mol. The lowest BCUT2D eigenvalue weighted by molar-refractivity contribution is -0.139. The molecule has 5 nitrogen and oxygen atoms in total. The van der Waals surface area contributed by atoms with Crippen LogP contribution < -0.4 is 14.9 Å². The Morgan fingerprint density at radius 2 is 2.07 bits per heavy atom. The molecule has 0 saturated carbocycles. The molecule has 0 spiro atoms. The van der Waals surface area contributed by atoms with Gasteiger partial charge in [0.25, 0.3) is 5.56 Å². The summed E-state index contributed by atoms with van der Waals surface area (Å²) in [6.45, 7) is 3.64. The van der Waals surface area contributed by atoms with Crippen LogP contribution in [-0.4, -0.2) is 17.1 Å². The topological polar surface area (TPSA) is 60.7 Å². The van der Waals surface area contributed by atoms with Crippen molar-refractivity contribution >= 4 is 34.7 Å². The Bertz CT molecular complexity index is 1270. The van der Waals surface area contributed by atoms with E-state index in [1.807, 2.05) is 23.6 Å². The molecule has 0 bridgehead atoms. The van der Waals surface area contributed by atoms with Crippen LogP contribution in [0.3, 0.4) is 0 Å². The number of carbonyl (C=O) groups excluding carboxylic acids is 1. The molecule has 148 valence electrons. The summed E-state index contributed by atoms with van der Waals surface area (Å²) >= 11 is 2.80. The predicted molar refractivity (Wildman–Crippen MR) is 111 cm³/mol. The molecule has 4 rings (SSSR count). The van der Waals surface area contributed by atoms with Crippen LogP contribution >= 0.6 is 22.7 Å². The SMILES string of the molecule is CCOC(=O)C1=C(C)N=c2s/c(=C/c3cccs3)c(=O)n2[C@H]1c1ccc(F)cc1. The van der Waals surface area contributed by atoms with Gasteiger partial charge in [0.2, 0.25) is 0 Å². The number of ether oxygens (including phenoxy) is 1. The molecule has 3 aromatic rings. The minimum Gasteiger partial charge on any atom is -0.463 e. The van der Waals surface area contributed by atoms with Gasteiger partial charge in [-0.05, 0) is 49.1 Å². The summed E-state index contributed by atoms with van der Waals surface area (Å²) in [5.74, 6) is -0.923.